The Labute approximate surface area is 157 Å². The standard InChI is InChI=1S/C20H36O4S/c1-20(2,3)13-12-15(21)14-25-18-11-10-17(22)16(18)8-6-4-5-7-9-19(23)24/h15-16,18,21H,4-14H2,1-3H3,(H,23,24). The molecule has 2 N–H and O–H groups in total. The number of hydrogen-bond acceptors (Lipinski definition) is 4. The Hall–Kier alpha value is -0.550. The SMILES string of the molecule is CC(C)(C)CCC(O)CSC1CCC(=O)C1CCCCCCC(=O)O. The molecule has 3 unspecified atom stereocenters. The molecule has 0 spiro atoms. The third-order valence-electron chi connectivity index (χ3n) is 4.92. The Balaban J connectivity index is 2.24. The van der Waals surface area contributed by atoms with Gasteiger partial charge in [-0.25, -0.2) is 0 Å². The number of carbonyl (C=O) groups excluding carboxylic acids is 1. The molecule has 1 rings (SSSR count). The van der Waals surface area contributed by atoms with Gasteiger partial charge in [-0.15, -0.1) is 0 Å². The van der Waals surface area contributed by atoms with Crippen LogP contribution in [0.15, 0.2) is 0 Å². The van der Waals surface area contributed by atoms with Crippen LogP contribution >= 0.6 is 11.8 Å². The van der Waals surface area contributed by atoms with Gasteiger partial charge in [-0.05, 0) is 37.5 Å². The monoisotopic (exact) mass is 372 g/mol. The van der Waals surface area contributed by atoms with Gasteiger partial charge in [0.2, 0.25) is 0 Å². The molecular weight excluding hydrogens is 336 g/mol. The molecule has 5 heteroatoms. The Morgan fingerprint density at radius 2 is 1.92 bits per heavy atom. The molecule has 4 nitrogen and oxygen atoms in total. The van der Waals surface area contributed by atoms with Gasteiger partial charge in [0.05, 0.1) is 6.10 Å². The van der Waals surface area contributed by atoms with Crippen molar-refractivity contribution in [2.75, 3.05) is 5.75 Å². The van der Waals surface area contributed by atoms with Gasteiger partial charge in [-0.2, -0.15) is 11.8 Å². The van der Waals surface area contributed by atoms with E-state index >= 15 is 0 Å². The van der Waals surface area contributed by atoms with Crippen LogP contribution in [0, 0.1) is 11.3 Å². The number of carbonyl (C=O) groups is 2. The van der Waals surface area contributed by atoms with E-state index in [4.69, 9.17) is 5.11 Å². The van der Waals surface area contributed by atoms with Gasteiger partial charge in [-0.1, -0.05) is 40.0 Å². The van der Waals surface area contributed by atoms with E-state index in [1.165, 1.54) is 0 Å². The van der Waals surface area contributed by atoms with Crippen LogP contribution in [0.5, 0.6) is 0 Å². The molecule has 0 amide bonds. The number of rotatable bonds is 12. The fraction of sp³-hybridized carbons (Fsp3) is 0.900. The van der Waals surface area contributed by atoms with Gasteiger partial charge in [-0.3, -0.25) is 9.59 Å². The summed E-state index contributed by atoms with van der Waals surface area (Å²) in [5.41, 5.74) is 0.248. The molecule has 1 aliphatic carbocycles. The van der Waals surface area contributed by atoms with E-state index in [1.54, 1.807) is 11.8 Å². The van der Waals surface area contributed by atoms with E-state index in [0.717, 1.165) is 57.1 Å². The third kappa shape index (κ3) is 10.2. The lowest BCUT2D eigenvalue weighted by Crippen LogP contribution is -2.21. The second kappa shape index (κ2) is 11.2. The van der Waals surface area contributed by atoms with Gasteiger partial charge in [0.25, 0.3) is 0 Å². The number of ketones is 1. The van der Waals surface area contributed by atoms with Gasteiger partial charge < -0.3 is 10.2 Å². The summed E-state index contributed by atoms with van der Waals surface area (Å²) < 4.78 is 0. The molecular formula is C20H36O4S. The molecule has 1 saturated carbocycles. The van der Waals surface area contributed by atoms with E-state index < -0.39 is 5.97 Å². The van der Waals surface area contributed by atoms with Crippen LogP contribution in [-0.2, 0) is 9.59 Å². The lowest BCUT2D eigenvalue weighted by molar-refractivity contribution is -0.137. The zero-order valence-electron chi connectivity index (χ0n) is 16.1. The van der Waals surface area contributed by atoms with Crippen molar-refractivity contribution >= 4 is 23.5 Å². The van der Waals surface area contributed by atoms with Crippen LogP contribution in [-0.4, -0.2) is 39.1 Å². The summed E-state index contributed by atoms with van der Waals surface area (Å²) in [4.78, 5) is 22.6. The molecule has 0 radical (unpaired) electrons. The number of hydrogen-bond donors (Lipinski definition) is 2. The average molecular weight is 373 g/mol. The molecule has 25 heavy (non-hydrogen) atoms. The molecule has 0 heterocycles. The minimum Gasteiger partial charge on any atom is -0.481 e. The summed E-state index contributed by atoms with van der Waals surface area (Å²) in [7, 11) is 0. The zero-order valence-corrected chi connectivity index (χ0v) is 16.9. The molecule has 146 valence electrons. The molecule has 0 saturated heterocycles. The predicted molar refractivity (Wildman–Crippen MR) is 104 cm³/mol. The topological polar surface area (TPSA) is 74.6 Å². The molecule has 0 aromatic carbocycles. The van der Waals surface area contributed by atoms with Gasteiger partial charge in [0.1, 0.15) is 5.78 Å². The quantitative estimate of drug-likeness (QED) is 0.487. The smallest absolute Gasteiger partial charge is 0.303 e. The van der Waals surface area contributed by atoms with Gasteiger partial charge >= 0.3 is 5.97 Å². The summed E-state index contributed by atoms with van der Waals surface area (Å²) in [5, 5.41) is 19.2. The van der Waals surface area contributed by atoms with Crippen molar-refractivity contribution in [1.82, 2.24) is 0 Å². The highest BCUT2D eigenvalue weighted by Crippen LogP contribution is 2.36. The number of Topliss-reactive ketones (excluding diaryl/α,β-unsaturated/α-hetero) is 1. The van der Waals surface area contributed by atoms with Crippen molar-refractivity contribution in [3.8, 4) is 0 Å². The van der Waals surface area contributed by atoms with Crippen LogP contribution in [0.25, 0.3) is 0 Å². The number of carboxylic acid groups (broad SMARTS) is 1. The fourth-order valence-corrected chi connectivity index (χ4v) is 4.78. The largest absolute Gasteiger partial charge is 0.481 e. The molecule has 0 aromatic rings. The highest BCUT2D eigenvalue weighted by atomic mass is 32.2. The van der Waals surface area contributed by atoms with Crippen molar-refractivity contribution in [2.45, 2.75) is 96.3 Å². The second-order valence-electron chi connectivity index (χ2n) is 8.58. The van der Waals surface area contributed by atoms with E-state index in [9.17, 15) is 14.7 Å². The average Bonchev–Trinajstić information content (AvgIpc) is 2.86. The number of aliphatic hydroxyl groups is 1. The highest BCUT2D eigenvalue weighted by Gasteiger charge is 2.34. The second-order valence-corrected chi connectivity index (χ2v) is 9.86. The first-order valence-corrected chi connectivity index (χ1v) is 10.8. The van der Waals surface area contributed by atoms with Crippen LogP contribution in [0.2, 0.25) is 0 Å². The summed E-state index contributed by atoms with van der Waals surface area (Å²) >= 11 is 1.78. The lowest BCUT2D eigenvalue weighted by Gasteiger charge is -2.22. The summed E-state index contributed by atoms with van der Waals surface area (Å²) in [6.07, 6.45) is 8.00. The Morgan fingerprint density at radius 3 is 2.56 bits per heavy atom. The molecule has 1 fully saturated rings. The number of unbranched alkanes of at least 4 members (excludes halogenated alkanes) is 3. The zero-order chi connectivity index (χ0) is 18.9. The van der Waals surface area contributed by atoms with Crippen LogP contribution in [0.1, 0.15) is 85.0 Å². The summed E-state index contributed by atoms with van der Waals surface area (Å²) in [6.45, 7) is 6.57. The normalized spacial score (nSPS) is 22.3. The Morgan fingerprint density at radius 1 is 1.24 bits per heavy atom. The fourth-order valence-electron chi connectivity index (χ4n) is 3.34. The maximum absolute atomic E-state index is 12.1. The number of thioether (sulfide) groups is 1. The minimum atomic E-state index is -0.729. The van der Waals surface area contributed by atoms with Gasteiger partial charge in [0.15, 0.2) is 0 Å². The maximum Gasteiger partial charge on any atom is 0.303 e. The Bertz CT molecular complexity index is 416. The van der Waals surface area contributed by atoms with E-state index in [0.29, 0.717) is 17.5 Å². The first-order chi connectivity index (χ1) is 11.7. The molecule has 0 aliphatic heterocycles. The van der Waals surface area contributed by atoms with Crippen molar-refractivity contribution in [2.24, 2.45) is 11.3 Å². The number of carboxylic acids is 1. The molecule has 3 atom stereocenters. The molecule has 0 bridgehead atoms. The third-order valence-corrected chi connectivity index (χ3v) is 6.49. The van der Waals surface area contributed by atoms with E-state index in [-0.39, 0.29) is 23.9 Å². The van der Waals surface area contributed by atoms with Crippen molar-refractivity contribution in [3.05, 3.63) is 0 Å². The summed E-state index contributed by atoms with van der Waals surface area (Å²) in [6, 6.07) is 0. The molecule has 0 aromatic heterocycles. The minimum absolute atomic E-state index is 0.138. The lowest BCUT2D eigenvalue weighted by atomic mass is 9.89. The first kappa shape index (κ1) is 22.5. The molecule has 1 aliphatic rings. The highest BCUT2D eigenvalue weighted by molar-refractivity contribution is 8.00. The van der Waals surface area contributed by atoms with Crippen molar-refractivity contribution < 1.29 is 19.8 Å². The maximum atomic E-state index is 12.1. The van der Waals surface area contributed by atoms with Crippen LogP contribution < -0.4 is 0 Å². The predicted octanol–water partition coefficient (Wildman–Crippen LogP) is 4.68. The van der Waals surface area contributed by atoms with E-state index in [2.05, 4.69) is 20.8 Å². The van der Waals surface area contributed by atoms with Gasteiger partial charge in [0, 0.05) is 29.8 Å². The summed E-state index contributed by atoms with van der Waals surface area (Å²) in [5.74, 6) is 0.516. The van der Waals surface area contributed by atoms with E-state index in [1.807, 2.05) is 0 Å². The number of aliphatic carboxylic acids is 1. The van der Waals surface area contributed by atoms with Crippen LogP contribution in [0.3, 0.4) is 0 Å². The van der Waals surface area contributed by atoms with Crippen molar-refractivity contribution in [3.63, 3.8) is 0 Å². The Kier molecular flexibility index (Phi) is 10.1. The number of aliphatic hydroxyl groups excluding tert-OH is 1. The van der Waals surface area contributed by atoms with Crippen molar-refractivity contribution in [1.29, 1.82) is 0 Å². The first-order valence-electron chi connectivity index (χ1n) is 9.73. The van der Waals surface area contributed by atoms with Crippen LogP contribution in [0.4, 0.5) is 0 Å².